The predicted octanol–water partition coefficient (Wildman–Crippen LogP) is 2.79. The molecule has 0 bridgehead atoms. The number of ether oxygens (including phenoxy) is 1. The first-order chi connectivity index (χ1) is 9.11. The highest BCUT2D eigenvalue weighted by molar-refractivity contribution is 6.31. The minimum Gasteiger partial charge on any atom is -0.377 e. The van der Waals surface area contributed by atoms with Crippen molar-refractivity contribution in [2.75, 3.05) is 27.7 Å². The van der Waals surface area contributed by atoms with Crippen molar-refractivity contribution in [3.05, 3.63) is 29.0 Å². The second kappa shape index (κ2) is 6.37. The third-order valence-corrected chi connectivity index (χ3v) is 3.28. The molecule has 0 amide bonds. The molecule has 4 nitrogen and oxygen atoms in total. The molecule has 0 unspecified atom stereocenters. The Morgan fingerprint density at radius 2 is 2.16 bits per heavy atom. The van der Waals surface area contributed by atoms with E-state index in [1.54, 1.807) is 7.11 Å². The summed E-state index contributed by atoms with van der Waals surface area (Å²) in [6.45, 7) is 2.49. The van der Waals surface area contributed by atoms with E-state index in [-0.39, 0.29) is 0 Å². The van der Waals surface area contributed by atoms with Gasteiger partial charge in [0.25, 0.3) is 0 Å². The van der Waals surface area contributed by atoms with Crippen molar-refractivity contribution in [2.24, 2.45) is 0 Å². The first-order valence-electron chi connectivity index (χ1n) is 6.40. The molecule has 0 radical (unpaired) electrons. The lowest BCUT2D eigenvalue weighted by molar-refractivity contribution is 0.174. The lowest BCUT2D eigenvalue weighted by Gasteiger charge is -2.12. The zero-order chi connectivity index (χ0) is 13.8. The Kier molecular flexibility index (Phi) is 4.80. The lowest BCUT2D eigenvalue weighted by atomic mass is 10.3. The van der Waals surface area contributed by atoms with Crippen LogP contribution in [-0.4, -0.2) is 42.2 Å². The summed E-state index contributed by atoms with van der Waals surface area (Å²) in [6, 6.07) is 5.80. The minimum atomic E-state index is 0.522. The molecule has 1 heterocycles. The number of aryl methyl sites for hydroxylation is 1. The summed E-state index contributed by atoms with van der Waals surface area (Å²) < 4.78 is 7.43. The molecule has 0 aliphatic rings. The second-order valence-corrected chi connectivity index (χ2v) is 5.34. The highest BCUT2D eigenvalue weighted by Crippen LogP contribution is 2.21. The number of benzene rings is 1. The van der Waals surface area contributed by atoms with Crippen molar-refractivity contribution >= 4 is 22.6 Å². The van der Waals surface area contributed by atoms with Crippen molar-refractivity contribution in [3.8, 4) is 0 Å². The van der Waals surface area contributed by atoms with Crippen LogP contribution in [0.25, 0.3) is 11.0 Å². The first kappa shape index (κ1) is 14.3. The van der Waals surface area contributed by atoms with Gasteiger partial charge in [-0.2, -0.15) is 0 Å². The van der Waals surface area contributed by atoms with Crippen LogP contribution in [0, 0.1) is 0 Å². The van der Waals surface area contributed by atoms with Gasteiger partial charge in [0.2, 0.25) is 0 Å². The standard InChI is InChI=1S/C14H20ClN3O/c1-17(2)7-4-8-18-13-9-11(15)5-6-12(13)16-14(18)10-19-3/h5-6,9H,4,7-8,10H2,1-3H3. The number of halogens is 1. The van der Waals surface area contributed by atoms with Crippen LogP contribution in [0.1, 0.15) is 12.2 Å². The number of rotatable bonds is 6. The molecule has 1 aromatic heterocycles. The van der Waals surface area contributed by atoms with Gasteiger partial charge in [-0.25, -0.2) is 4.98 Å². The van der Waals surface area contributed by atoms with Crippen LogP contribution in [-0.2, 0) is 17.9 Å². The largest absolute Gasteiger partial charge is 0.377 e. The zero-order valence-corrected chi connectivity index (χ0v) is 12.4. The van der Waals surface area contributed by atoms with Crippen LogP contribution in [0.5, 0.6) is 0 Å². The van der Waals surface area contributed by atoms with E-state index in [0.717, 1.165) is 41.4 Å². The second-order valence-electron chi connectivity index (χ2n) is 4.90. The third kappa shape index (κ3) is 3.47. The van der Waals surface area contributed by atoms with Crippen molar-refractivity contribution in [3.63, 3.8) is 0 Å². The average Bonchev–Trinajstić information content (AvgIpc) is 2.67. The van der Waals surface area contributed by atoms with Crippen LogP contribution in [0.15, 0.2) is 18.2 Å². The van der Waals surface area contributed by atoms with Gasteiger partial charge in [-0.1, -0.05) is 11.6 Å². The van der Waals surface area contributed by atoms with Gasteiger partial charge in [-0.05, 0) is 45.3 Å². The van der Waals surface area contributed by atoms with Gasteiger partial charge in [-0.15, -0.1) is 0 Å². The van der Waals surface area contributed by atoms with Crippen LogP contribution in [0.2, 0.25) is 5.02 Å². The quantitative estimate of drug-likeness (QED) is 0.816. The molecular formula is C14H20ClN3O. The maximum Gasteiger partial charge on any atom is 0.135 e. The van der Waals surface area contributed by atoms with Crippen LogP contribution in [0.3, 0.4) is 0 Å². The molecule has 2 aromatic rings. The van der Waals surface area contributed by atoms with Crippen molar-refractivity contribution in [1.29, 1.82) is 0 Å². The Morgan fingerprint density at radius 3 is 2.84 bits per heavy atom. The van der Waals surface area contributed by atoms with E-state index < -0.39 is 0 Å². The van der Waals surface area contributed by atoms with E-state index in [2.05, 4.69) is 28.5 Å². The summed E-state index contributed by atoms with van der Waals surface area (Å²) in [5.74, 6) is 0.957. The Morgan fingerprint density at radius 1 is 1.37 bits per heavy atom. The number of hydrogen-bond acceptors (Lipinski definition) is 3. The Labute approximate surface area is 118 Å². The number of aromatic nitrogens is 2. The molecule has 5 heteroatoms. The highest BCUT2D eigenvalue weighted by Gasteiger charge is 2.10. The van der Waals surface area contributed by atoms with Gasteiger partial charge in [0.15, 0.2) is 0 Å². The third-order valence-electron chi connectivity index (χ3n) is 3.05. The van der Waals surface area contributed by atoms with E-state index >= 15 is 0 Å². The predicted molar refractivity (Wildman–Crippen MR) is 78.6 cm³/mol. The number of imidazole rings is 1. The molecule has 0 saturated carbocycles. The number of methoxy groups -OCH3 is 1. The molecule has 1 aromatic carbocycles. The molecule has 19 heavy (non-hydrogen) atoms. The Bertz CT molecular complexity index is 551. The monoisotopic (exact) mass is 281 g/mol. The van der Waals surface area contributed by atoms with E-state index in [1.165, 1.54) is 0 Å². The number of nitrogens with zero attached hydrogens (tertiary/aromatic N) is 3. The maximum absolute atomic E-state index is 6.08. The van der Waals surface area contributed by atoms with E-state index in [0.29, 0.717) is 6.61 Å². The van der Waals surface area contributed by atoms with Crippen molar-refractivity contribution in [1.82, 2.24) is 14.5 Å². The molecule has 0 aliphatic heterocycles. The zero-order valence-electron chi connectivity index (χ0n) is 11.7. The fraction of sp³-hybridized carbons (Fsp3) is 0.500. The van der Waals surface area contributed by atoms with Gasteiger partial charge >= 0.3 is 0 Å². The number of fused-ring (bicyclic) bond motifs is 1. The van der Waals surface area contributed by atoms with E-state index in [9.17, 15) is 0 Å². The molecule has 0 atom stereocenters. The Balaban J connectivity index is 2.30. The van der Waals surface area contributed by atoms with E-state index in [1.807, 2.05) is 18.2 Å². The SMILES string of the molecule is COCc1nc2ccc(Cl)cc2n1CCCN(C)C. The highest BCUT2D eigenvalue weighted by atomic mass is 35.5. The fourth-order valence-corrected chi connectivity index (χ4v) is 2.35. The summed E-state index contributed by atoms with van der Waals surface area (Å²) in [4.78, 5) is 6.79. The van der Waals surface area contributed by atoms with Crippen LogP contribution in [0.4, 0.5) is 0 Å². The van der Waals surface area contributed by atoms with Crippen LogP contribution >= 0.6 is 11.6 Å². The van der Waals surface area contributed by atoms with Gasteiger partial charge in [-0.3, -0.25) is 0 Å². The maximum atomic E-state index is 6.08. The summed E-state index contributed by atoms with van der Waals surface area (Å²) in [5.41, 5.74) is 2.06. The molecule has 0 N–H and O–H groups in total. The molecular weight excluding hydrogens is 262 g/mol. The molecule has 0 spiro atoms. The summed E-state index contributed by atoms with van der Waals surface area (Å²) in [6.07, 6.45) is 1.07. The molecule has 0 aliphatic carbocycles. The Hall–Kier alpha value is -1.10. The van der Waals surface area contributed by atoms with Gasteiger partial charge < -0.3 is 14.2 Å². The first-order valence-corrected chi connectivity index (χ1v) is 6.78. The summed E-state index contributed by atoms with van der Waals surface area (Å²) in [5, 5.41) is 0.741. The topological polar surface area (TPSA) is 30.3 Å². The average molecular weight is 282 g/mol. The van der Waals surface area contributed by atoms with E-state index in [4.69, 9.17) is 16.3 Å². The molecule has 0 fully saturated rings. The van der Waals surface area contributed by atoms with Crippen molar-refractivity contribution < 1.29 is 4.74 Å². The smallest absolute Gasteiger partial charge is 0.135 e. The minimum absolute atomic E-state index is 0.522. The fourth-order valence-electron chi connectivity index (χ4n) is 2.18. The summed E-state index contributed by atoms with van der Waals surface area (Å²) >= 11 is 6.08. The van der Waals surface area contributed by atoms with Gasteiger partial charge in [0, 0.05) is 18.7 Å². The molecule has 0 saturated heterocycles. The van der Waals surface area contributed by atoms with Gasteiger partial charge in [0.05, 0.1) is 11.0 Å². The molecule has 104 valence electrons. The normalized spacial score (nSPS) is 11.6. The van der Waals surface area contributed by atoms with Crippen molar-refractivity contribution in [2.45, 2.75) is 19.6 Å². The van der Waals surface area contributed by atoms with Crippen LogP contribution < -0.4 is 0 Å². The molecule has 2 rings (SSSR count). The summed E-state index contributed by atoms with van der Waals surface area (Å²) in [7, 11) is 5.86. The number of hydrogen-bond donors (Lipinski definition) is 0. The lowest BCUT2D eigenvalue weighted by Crippen LogP contribution is -2.16. The van der Waals surface area contributed by atoms with Gasteiger partial charge in [0.1, 0.15) is 12.4 Å².